The molecule has 2 aliphatic rings. The Labute approximate surface area is 69.9 Å². The summed E-state index contributed by atoms with van der Waals surface area (Å²) in [6.07, 6.45) is 8.32. The second kappa shape index (κ2) is 2.26. The van der Waals surface area contributed by atoms with Crippen LogP contribution in [-0.2, 0) is 0 Å². The minimum atomic E-state index is 0.968. The Balaban J connectivity index is 2.19. The molecule has 50 valence electrons. The summed E-state index contributed by atoms with van der Waals surface area (Å²) in [6, 6.07) is 0. The van der Waals surface area contributed by atoms with Crippen molar-refractivity contribution >= 4 is 22.6 Å². The van der Waals surface area contributed by atoms with Gasteiger partial charge in [-0.05, 0) is 63.7 Å². The van der Waals surface area contributed by atoms with Crippen molar-refractivity contribution in [3.8, 4) is 0 Å². The van der Waals surface area contributed by atoms with Crippen LogP contribution in [0.3, 0.4) is 0 Å². The summed E-state index contributed by atoms with van der Waals surface area (Å²) in [7, 11) is 0. The lowest BCUT2D eigenvalue weighted by atomic mass is 9.96. The summed E-state index contributed by atoms with van der Waals surface area (Å²) in [5.74, 6) is 2.03. The van der Waals surface area contributed by atoms with Gasteiger partial charge in [-0.2, -0.15) is 0 Å². The highest BCUT2D eigenvalue weighted by Crippen LogP contribution is 2.42. The van der Waals surface area contributed by atoms with Gasteiger partial charge in [0, 0.05) is 0 Å². The van der Waals surface area contributed by atoms with Crippen molar-refractivity contribution in [2.24, 2.45) is 11.8 Å². The minimum Gasteiger partial charge on any atom is -0.0721 e. The van der Waals surface area contributed by atoms with Gasteiger partial charge in [0.05, 0.1) is 0 Å². The quantitative estimate of drug-likeness (QED) is 0.565. The lowest BCUT2D eigenvalue weighted by Crippen LogP contribution is -2.00. The summed E-state index contributed by atoms with van der Waals surface area (Å²) in [6.45, 7) is 0. The Hall–Kier alpha value is 0.470. The maximum absolute atomic E-state index is 2.49. The number of hydrogen-bond donors (Lipinski definition) is 0. The fourth-order valence-corrected chi connectivity index (χ4v) is 3.18. The Bertz CT molecular complexity index is 149. The predicted octanol–water partition coefficient (Wildman–Crippen LogP) is 3.13. The Morgan fingerprint density at radius 2 is 2.33 bits per heavy atom. The second-order valence-electron chi connectivity index (χ2n) is 3.26. The third-order valence-corrected chi connectivity index (χ3v) is 3.28. The molecule has 0 aromatic heterocycles. The summed E-state index contributed by atoms with van der Waals surface area (Å²) in [5.41, 5.74) is 0. The largest absolute Gasteiger partial charge is 0.0721 e. The molecule has 0 unspecified atom stereocenters. The molecule has 1 saturated carbocycles. The first-order valence-corrected chi connectivity index (χ1v) is 4.78. The van der Waals surface area contributed by atoms with Gasteiger partial charge in [0.1, 0.15) is 0 Å². The molecule has 0 heterocycles. The molecule has 0 aromatic rings. The van der Waals surface area contributed by atoms with Gasteiger partial charge in [-0.1, -0.05) is 6.08 Å². The van der Waals surface area contributed by atoms with E-state index in [0.29, 0.717) is 0 Å². The molecule has 2 bridgehead atoms. The fourth-order valence-electron chi connectivity index (χ4n) is 2.05. The molecular weight excluding hydrogens is 223 g/mol. The molecule has 0 nitrogen and oxygen atoms in total. The van der Waals surface area contributed by atoms with Crippen LogP contribution >= 0.6 is 22.6 Å². The zero-order valence-electron chi connectivity index (χ0n) is 5.44. The standard InChI is InChI=1S/C8H11I/c9-8-4-6-1-2-7(3-6)5-8/h4,6-7H,1-3,5H2/t6-,7-/m1/s1. The second-order valence-corrected chi connectivity index (χ2v) is 4.64. The van der Waals surface area contributed by atoms with Gasteiger partial charge in [-0.3, -0.25) is 0 Å². The lowest BCUT2D eigenvalue weighted by molar-refractivity contribution is 0.517. The van der Waals surface area contributed by atoms with Crippen molar-refractivity contribution in [3.05, 3.63) is 9.66 Å². The number of hydrogen-bond acceptors (Lipinski definition) is 0. The van der Waals surface area contributed by atoms with E-state index in [9.17, 15) is 0 Å². The van der Waals surface area contributed by atoms with Crippen molar-refractivity contribution < 1.29 is 0 Å². The average molecular weight is 234 g/mol. The van der Waals surface area contributed by atoms with Crippen LogP contribution in [-0.4, -0.2) is 0 Å². The molecule has 0 saturated heterocycles. The molecule has 2 rings (SSSR count). The van der Waals surface area contributed by atoms with E-state index in [-0.39, 0.29) is 0 Å². The van der Waals surface area contributed by atoms with E-state index in [1.165, 1.54) is 25.7 Å². The van der Waals surface area contributed by atoms with E-state index in [0.717, 1.165) is 11.8 Å². The molecule has 9 heavy (non-hydrogen) atoms. The Morgan fingerprint density at radius 3 is 3.11 bits per heavy atom. The first kappa shape index (κ1) is 6.20. The molecule has 0 amide bonds. The molecule has 0 aromatic carbocycles. The molecule has 0 N–H and O–H groups in total. The molecule has 1 fully saturated rings. The molecule has 0 radical (unpaired) electrons. The SMILES string of the molecule is IC1=C[C@@H]2CC[C@@H](C1)C2. The van der Waals surface area contributed by atoms with E-state index in [2.05, 4.69) is 28.7 Å². The number of allylic oxidation sites excluding steroid dienone is 2. The van der Waals surface area contributed by atoms with Crippen molar-refractivity contribution in [3.63, 3.8) is 0 Å². The van der Waals surface area contributed by atoms with E-state index < -0.39 is 0 Å². The smallest absolute Gasteiger partial charge is 0.0128 e. The van der Waals surface area contributed by atoms with Gasteiger partial charge < -0.3 is 0 Å². The van der Waals surface area contributed by atoms with E-state index in [4.69, 9.17) is 0 Å². The van der Waals surface area contributed by atoms with Gasteiger partial charge in [0.15, 0.2) is 0 Å². The maximum atomic E-state index is 2.49. The van der Waals surface area contributed by atoms with E-state index >= 15 is 0 Å². The van der Waals surface area contributed by atoms with Crippen LogP contribution in [0.1, 0.15) is 25.7 Å². The van der Waals surface area contributed by atoms with Gasteiger partial charge in [0.25, 0.3) is 0 Å². The van der Waals surface area contributed by atoms with Crippen LogP contribution in [0.5, 0.6) is 0 Å². The molecule has 0 aliphatic heterocycles. The van der Waals surface area contributed by atoms with Gasteiger partial charge in [0.2, 0.25) is 0 Å². The maximum Gasteiger partial charge on any atom is -0.0128 e. The lowest BCUT2D eigenvalue weighted by Gasteiger charge is -2.14. The Morgan fingerprint density at radius 1 is 1.44 bits per heavy atom. The van der Waals surface area contributed by atoms with Crippen molar-refractivity contribution in [2.45, 2.75) is 25.7 Å². The van der Waals surface area contributed by atoms with Crippen LogP contribution in [0.4, 0.5) is 0 Å². The molecule has 2 atom stereocenters. The van der Waals surface area contributed by atoms with Crippen LogP contribution in [0.15, 0.2) is 9.66 Å². The molecular formula is C8H11I. The number of halogens is 1. The minimum absolute atomic E-state index is 0.968. The normalized spacial score (nSPS) is 40.8. The average Bonchev–Trinajstić information content (AvgIpc) is 2.11. The fraction of sp³-hybridized carbons (Fsp3) is 0.750. The van der Waals surface area contributed by atoms with Crippen LogP contribution in [0.2, 0.25) is 0 Å². The van der Waals surface area contributed by atoms with E-state index in [1.807, 2.05) is 0 Å². The number of fused-ring (bicyclic) bond motifs is 2. The van der Waals surface area contributed by atoms with Gasteiger partial charge >= 0.3 is 0 Å². The first-order chi connectivity index (χ1) is 4.34. The first-order valence-electron chi connectivity index (χ1n) is 3.71. The predicted molar refractivity (Wildman–Crippen MR) is 47.6 cm³/mol. The third kappa shape index (κ3) is 1.16. The highest BCUT2D eigenvalue weighted by Gasteiger charge is 2.27. The molecule has 1 heteroatoms. The summed E-state index contributed by atoms with van der Waals surface area (Å²) >= 11 is 2.49. The van der Waals surface area contributed by atoms with Crippen LogP contribution < -0.4 is 0 Å². The third-order valence-electron chi connectivity index (χ3n) is 2.48. The highest BCUT2D eigenvalue weighted by atomic mass is 127. The molecule has 0 spiro atoms. The van der Waals surface area contributed by atoms with Gasteiger partial charge in [-0.25, -0.2) is 0 Å². The van der Waals surface area contributed by atoms with E-state index in [1.54, 1.807) is 3.58 Å². The van der Waals surface area contributed by atoms with Crippen LogP contribution in [0.25, 0.3) is 0 Å². The summed E-state index contributed by atoms with van der Waals surface area (Å²) < 4.78 is 1.62. The zero-order valence-corrected chi connectivity index (χ0v) is 7.60. The van der Waals surface area contributed by atoms with Crippen molar-refractivity contribution in [1.82, 2.24) is 0 Å². The van der Waals surface area contributed by atoms with Gasteiger partial charge in [-0.15, -0.1) is 0 Å². The van der Waals surface area contributed by atoms with Crippen LogP contribution in [0, 0.1) is 11.8 Å². The zero-order chi connectivity index (χ0) is 6.27. The highest BCUT2D eigenvalue weighted by molar-refractivity contribution is 14.1. The Kier molecular flexibility index (Phi) is 1.55. The molecule has 2 aliphatic carbocycles. The monoisotopic (exact) mass is 234 g/mol. The number of rotatable bonds is 0. The summed E-state index contributed by atoms with van der Waals surface area (Å²) in [4.78, 5) is 0. The topological polar surface area (TPSA) is 0 Å². The van der Waals surface area contributed by atoms with Crippen molar-refractivity contribution in [1.29, 1.82) is 0 Å². The summed E-state index contributed by atoms with van der Waals surface area (Å²) in [5, 5.41) is 0. The van der Waals surface area contributed by atoms with Crippen molar-refractivity contribution in [2.75, 3.05) is 0 Å².